The molecule has 2 aromatic heterocycles. The number of hydrogen-bond acceptors (Lipinski definition) is 7. The number of fused-ring (bicyclic) bond motifs is 1. The highest BCUT2D eigenvalue weighted by Gasteiger charge is 2.27. The maximum Gasteiger partial charge on any atom is 0.259 e. The van der Waals surface area contributed by atoms with Gasteiger partial charge in [-0.25, -0.2) is 8.42 Å². The molecular formula is C24H26N4O6S. The molecule has 0 bridgehead atoms. The van der Waals surface area contributed by atoms with Gasteiger partial charge >= 0.3 is 0 Å². The van der Waals surface area contributed by atoms with Crippen LogP contribution in [0.4, 0.5) is 0 Å². The van der Waals surface area contributed by atoms with E-state index in [0.29, 0.717) is 24.4 Å². The second-order valence-corrected chi connectivity index (χ2v) is 10.4. The van der Waals surface area contributed by atoms with Crippen molar-refractivity contribution >= 4 is 26.8 Å². The van der Waals surface area contributed by atoms with Crippen molar-refractivity contribution in [1.29, 1.82) is 5.26 Å². The van der Waals surface area contributed by atoms with E-state index >= 15 is 0 Å². The topological polar surface area (TPSA) is 137 Å². The third-order valence-electron chi connectivity index (χ3n) is 5.99. The van der Waals surface area contributed by atoms with Gasteiger partial charge in [0.05, 0.1) is 29.9 Å². The van der Waals surface area contributed by atoms with E-state index in [1.165, 1.54) is 42.6 Å². The number of rotatable bonds is 9. The summed E-state index contributed by atoms with van der Waals surface area (Å²) in [5, 5.41) is 8.84. The van der Waals surface area contributed by atoms with Crippen molar-refractivity contribution in [3.05, 3.63) is 64.3 Å². The Bertz CT molecular complexity index is 1400. The summed E-state index contributed by atoms with van der Waals surface area (Å²) in [7, 11) is -2.54. The summed E-state index contributed by atoms with van der Waals surface area (Å²) in [6, 6.07) is 9.53. The van der Waals surface area contributed by atoms with E-state index in [9.17, 15) is 18.0 Å². The Balaban J connectivity index is 1.69. The lowest BCUT2D eigenvalue weighted by Crippen LogP contribution is -2.39. The number of benzene rings is 1. The number of aromatic amines is 1. The van der Waals surface area contributed by atoms with E-state index in [1.54, 1.807) is 12.1 Å². The van der Waals surface area contributed by atoms with Gasteiger partial charge in [-0.3, -0.25) is 9.59 Å². The number of H-pyrrole nitrogens is 1. The second-order valence-electron chi connectivity index (χ2n) is 8.37. The van der Waals surface area contributed by atoms with Crippen LogP contribution in [0, 0.1) is 11.3 Å². The number of hydrogen-bond donors (Lipinski definition) is 1. The fraction of sp³-hybridized carbons (Fsp3) is 0.375. The van der Waals surface area contributed by atoms with Crippen LogP contribution in [0.2, 0.25) is 0 Å². The molecule has 1 N–H and O–H groups in total. The minimum atomic E-state index is -3.91. The lowest BCUT2D eigenvalue weighted by molar-refractivity contribution is 0.0490. The number of nitriles is 1. The number of pyridine rings is 1. The van der Waals surface area contributed by atoms with Gasteiger partial charge in [-0.15, -0.1) is 0 Å². The molecule has 1 aromatic carbocycles. The first-order chi connectivity index (χ1) is 16.8. The highest BCUT2D eigenvalue weighted by atomic mass is 32.2. The Morgan fingerprint density at radius 2 is 2.14 bits per heavy atom. The highest BCUT2D eigenvalue weighted by Crippen LogP contribution is 2.21. The van der Waals surface area contributed by atoms with E-state index in [2.05, 4.69) is 4.98 Å². The monoisotopic (exact) mass is 498 g/mol. The summed E-state index contributed by atoms with van der Waals surface area (Å²) < 4.78 is 38.0. The van der Waals surface area contributed by atoms with E-state index < -0.39 is 21.4 Å². The van der Waals surface area contributed by atoms with Crippen LogP contribution in [0.1, 0.15) is 35.4 Å². The lowest BCUT2D eigenvalue weighted by Gasteiger charge is -2.24. The first-order valence-corrected chi connectivity index (χ1v) is 12.7. The first kappa shape index (κ1) is 24.7. The zero-order valence-corrected chi connectivity index (χ0v) is 20.1. The smallest absolute Gasteiger partial charge is 0.259 e. The van der Waals surface area contributed by atoms with Crippen LogP contribution in [0.15, 0.2) is 56.9 Å². The van der Waals surface area contributed by atoms with Crippen LogP contribution < -0.4 is 5.43 Å². The van der Waals surface area contributed by atoms with Gasteiger partial charge in [-0.2, -0.15) is 9.57 Å². The van der Waals surface area contributed by atoms with Gasteiger partial charge in [0.25, 0.3) is 5.91 Å². The molecule has 3 aromatic rings. The molecule has 1 aliphatic rings. The van der Waals surface area contributed by atoms with Crippen molar-refractivity contribution in [3.63, 3.8) is 0 Å². The van der Waals surface area contributed by atoms with Gasteiger partial charge in [0.15, 0.2) is 0 Å². The van der Waals surface area contributed by atoms with Crippen molar-refractivity contribution in [2.24, 2.45) is 0 Å². The quantitative estimate of drug-likeness (QED) is 0.478. The first-order valence-electron chi connectivity index (χ1n) is 11.2. The van der Waals surface area contributed by atoms with Gasteiger partial charge in [0, 0.05) is 50.3 Å². The van der Waals surface area contributed by atoms with Crippen molar-refractivity contribution in [3.8, 4) is 6.07 Å². The van der Waals surface area contributed by atoms with Gasteiger partial charge in [-0.05, 0) is 43.2 Å². The van der Waals surface area contributed by atoms with Gasteiger partial charge in [0.1, 0.15) is 11.3 Å². The maximum absolute atomic E-state index is 13.5. The van der Waals surface area contributed by atoms with Crippen LogP contribution in [0.5, 0.6) is 0 Å². The summed E-state index contributed by atoms with van der Waals surface area (Å²) in [6.07, 6.45) is 4.50. The standard InChI is InChI=1S/C24H26N4O6S/c1-27(10-4-9-25)35(31,32)19-7-8-22-20(13-19)23(29)21(14-26-22)24(30)28(15-17-5-2-11-33-17)16-18-6-3-12-34-18/h2,5,7-8,11,13-14,18H,3-4,6,10,12,15-16H2,1H3,(H,26,29)/t18-/m1/s1. The van der Waals surface area contributed by atoms with Crippen molar-refractivity contribution in [2.75, 3.05) is 26.7 Å². The van der Waals surface area contributed by atoms with Crippen molar-refractivity contribution in [2.45, 2.75) is 36.8 Å². The minimum Gasteiger partial charge on any atom is -0.467 e. The molecule has 0 aliphatic carbocycles. The number of carbonyl (C=O) groups excluding carboxylic acids is 1. The summed E-state index contributed by atoms with van der Waals surface area (Å²) in [4.78, 5) is 31.2. The number of sulfonamides is 1. The molecule has 0 radical (unpaired) electrons. The molecule has 3 heterocycles. The Morgan fingerprint density at radius 1 is 1.31 bits per heavy atom. The number of carbonyl (C=O) groups is 1. The van der Waals surface area contributed by atoms with Crippen LogP contribution in [0.25, 0.3) is 10.9 Å². The van der Waals surface area contributed by atoms with Gasteiger partial charge in [0.2, 0.25) is 15.5 Å². The molecule has 1 saturated heterocycles. The Labute approximate surface area is 202 Å². The van der Waals surface area contributed by atoms with E-state index in [-0.39, 0.29) is 41.5 Å². The van der Waals surface area contributed by atoms with Gasteiger partial charge in [-0.1, -0.05) is 0 Å². The molecule has 1 fully saturated rings. The van der Waals surface area contributed by atoms with E-state index in [1.807, 2.05) is 6.07 Å². The summed E-state index contributed by atoms with van der Waals surface area (Å²) in [6.45, 7) is 1.12. The summed E-state index contributed by atoms with van der Waals surface area (Å²) >= 11 is 0. The Kier molecular flexibility index (Phi) is 7.35. The fourth-order valence-electron chi connectivity index (χ4n) is 4.04. The van der Waals surface area contributed by atoms with Crippen molar-refractivity contribution < 1.29 is 22.4 Å². The average Bonchev–Trinajstić information content (AvgIpc) is 3.56. The molecular weight excluding hydrogens is 472 g/mol. The van der Waals surface area contributed by atoms with Gasteiger partial charge < -0.3 is 19.0 Å². The normalized spacial score (nSPS) is 16.0. The maximum atomic E-state index is 13.5. The summed E-state index contributed by atoms with van der Waals surface area (Å²) in [5.41, 5.74) is -0.270. The third-order valence-corrected chi connectivity index (χ3v) is 7.84. The average molecular weight is 499 g/mol. The molecule has 10 nitrogen and oxygen atoms in total. The minimum absolute atomic E-state index is 0.0245. The fourth-order valence-corrected chi connectivity index (χ4v) is 5.24. The second kappa shape index (κ2) is 10.4. The van der Waals surface area contributed by atoms with Crippen molar-refractivity contribution in [1.82, 2.24) is 14.2 Å². The Hall–Kier alpha value is -3.46. The number of ether oxygens (including phenoxy) is 1. The molecule has 1 aliphatic heterocycles. The zero-order valence-electron chi connectivity index (χ0n) is 19.3. The third kappa shape index (κ3) is 5.30. The van der Waals surface area contributed by atoms with Crippen LogP contribution in [0.3, 0.4) is 0 Å². The number of nitrogens with one attached hydrogen (secondary N) is 1. The molecule has 0 saturated carbocycles. The number of nitrogens with zero attached hydrogens (tertiary/aromatic N) is 3. The van der Waals surface area contributed by atoms with E-state index in [0.717, 1.165) is 17.1 Å². The summed E-state index contributed by atoms with van der Waals surface area (Å²) in [5.74, 6) is 0.0711. The number of furan rings is 1. The van der Waals surface area contributed by atoms with E-state index in [4.69, 9.17) is 14.4 Å². The molecule has 0 spiro atoms. The lowest BCUT2D eigenvalue weighted by atomic mass is 10.1. The molecule has 1 amide bonds. The molecule has 35 heavy (non-hydrogen) atoms. The molecule has 184 valence electrons. The van der Waals surface area contributed by atoms with Crippen LogP contribution >= 0.6 is 0 Å². The predicted octanol–water partition coefficient (Wildman–Crippen LogP) is 2.48. The number of aromatic nitrogens is 1. The predicted molar refractivity (Wildman–Crippen MR) is 127 cm³/mol. The van der Waals surface area contributed by atoms with Crippen LogP contribution in [-0.4, -0.2) is 61.4 Å². The van der Waals surface area contributed by atoms with Crippen LogP contribution in [-0.2, 0) is 21.3 Å². The zero-order chi connectivity index (χ0) is 25.0. The molecule has 1 atom stereocenters. The molecule has 4 rings (SSSR count). The number of amides is 1. The highest BCUT2D eigenvalue weighted by molar-refractivity contribution is 7.89. The SMILES string of the molecule is CN(CCC#N)S(=O)(=O)c1ccc2[nH]cc(C(=O)N(Cc3ccco3)C[C@H]3CCCO3)c(=O)c2c1. The Morgan fingerprint density at radius 3 is 2.83 bits per heavy atom. The molecule has 0 unspecified atom stereocenters. The molecule has 11 heteroatoms. The largest absolute Gasteiger partial charge is 0.467 e.